The Morgan fingerprint density at radius 3 is 2.13 bits per heavy atom. The van der Waals surface area contributed by atoms with Crippen molar-refractivity contribution in [3.8, 4) is 0 Å². The second-order valence-electron chi connectivity index (χ2n) is 6.46. The predicted octanol–water partition coefficient (Wildman–Crippen LogP) is 5.75. The molecule has 160 valence electrons. The lowest BCUT2D eigenvalue weighted by molar-refractivity contribution is -0.138. The summed E-state index contributed by atoms with van der Waals surface area (Å²) in [6, 6.07) is 9.57. The third kappa shape index (κ3) is 5.37. The lowest BCUT2D eigenvalue weighted by Gasteiger charge is -2.13. The molecule has 0 unspecified atom stereocenters. The minimum atomic E-state index is -4.47. The molecule has 3 rings (SSSR count). The number of aromatic nitrogens is 2. The lowest BCUT2D eigenvalue weighted by Crippen LogP contribution is -2.09. The topological polar surface area (TPSA) is 38.1 Å². The first-order valence-electron chi connectivity index (χ1n) is 8.68. The van der Waals surface area contributed by atoms with E-state index < -0.39 is 23.5 Å². The number of imidazole rings is 1. The first kappa shape index (κ1) is 22.2. The zero-order valence-electron chi connectivity index (χ0n) is 15.3. The molecule has 0 bridgehead atoms. The minimum absolute atomic E-state index is 0.0646. The Morgan fingerprint density at radius 2 is 1.53 bits per heavy atom. The number of hydrogen-bond donors (Lipinski definition) is 1. The van der Waals surface area contributed by atoms with Crippen molar-refractivity contribution in [1.29, 1.82) is 0 Å². The molecule has 1 heterocycles. The molecule has 0 atom stereocenters. The van der Waals surface area contributed by atoms with Gasteiger partial charge in [-0.05, 0) is 35.4 Å². The van der Waals surface area contributed by atoms with E-state index in [0.29, 0.717) is 27.7 Å². The van der Waals surface area contributed by atoms with Gasteiger partial charge in [0.05, 0.1) is 29.6 Å². The van der Waals surface area contributed by atoms with Crippen LogP contribution in [-0.2, 0) is 31.3 Å². The maximum absolute atomic E-state index is 12.9. The molecule has 0 saturated heterocycles. The Balaban J connectivity index is 1.77. The largest absolute Gasteiger partial charge is 0.416 e. The van der Waals surface area contributed by atoms with E-state index in [1.165, 1.54) is 36.2 Å². The second-order valence-corrected chi connectivity index (χ2v) is 7.40. The van der Waals surface area contributed by atoms with Crippen molar-refractivity contribution < 1.29 is 31.4 Å². The summed E-state index contributed by atoms with van der Waals surface area (Å²) in [5.74, 6) is 0.308. The molecule has 1 aromatic heterocycles. The molecule has 0 fully saturated rings. The van der Waals surface area contributed by atoms with Crippen molar-refractivity contribution in [2.45, 2.75) is 36.4 Å². The van der Waals surface area contributed by atoms with Crippen LogP contribution in [-0.4, -0.2) is 14.7 Å². The smallest absolute Gasteiger partial charge is 0.390 e. The van der Waals surface area contributed by atoms with Crippen LogP contribution in [0.2, 0.25) is 0 Å². The Bertz CT molecular complexity index is 996. The van der Waals surface area contributed by atoms with Gasteiger partial charge < -0.3 is 9.67 Å². The second kappa shape index (κ2) is 8.73. The number of nitrogens with zero attached hydrogens (tertiary/aromatic N) is 2. The van der Waals surface area contributed by atoms with Gasteiger partial charge in [-0.3, -0.25) is 0 Å². The van der Waals surface area contributed by atoms with E-state index in [1.54, 1.807) is 10.6 Å². The van der Waals surface area contributed by atoms with Gasteiger partial charge in [0, 0.05) is 12.3 Å². The number of benzene rings is 2. The van der Waals surface area contributed by atoms with E-state index in [2.05, 4.69) is 4.98 Å². The van der Waals surface area contributed by atoms with Gasteiger partial charge in [0.15, 0.2) is 5.16 Å². The SMILES string of the molecule is OCc1cnc(SCc2ccc(C(F)(F)F)cc2)n1Cc1cccc(C(F)(F)F)c1. The van der Waals surface area contributed by atoms with Crippen molar-refractivity contribution in [1.82, 2.24) is 9.55 Å². The first-order valence-corrected chi connectivity index (χ1v) is 9.67. The van der Waals surface area contributed by atoms with Crippen LogP contribution in [0.4, 0.5) is 26.3 Å². The van der Waals surface area contributed by atoms with Crippen molar-refractivity contribution in [3.63, 3.8) is 0 Å². The summed E-state index contributed by atoms with van der Waals surface area (Å²) in [5.41, 5.74) is -0.0853. The van der Waals surface area contributed by atoms with Gasteiger partial charge in [-0.25, -0.2) is 4.98 Å². The van der Waals surface area contributed by atoms with Crippen molar-refractivity contribution in [3.05, 3.63) is 82.7 Å². The molecule has 0 aliphatic rings. The van der Waals surface area contributed by atoms with Crippen LogP contribution in [0.15, 0.2) is 59.9 Å². The van der Waals surface area contributed by atoms with Crippen LogP contribution in [0.1, 0.15) is 27.9 Å². The zero-order valence-corrected chi connectivity index (χ0v) is 16.2. The summed E-state index contributed by atoms with van der Waals surface area (Å²) >= 11 is 1.22. The number of aliphatic hydroxyl groups is 1. The number of hydrogen-bond acceptors (Lipinski definition) is 3. The number of alkyl halides is 6. The molecule has 0 saturated carbocycles. The van der Waals surface area contributed by atoms with E-state index in [-0.39, 0.29) is 13.2 Å². The number of halogens is 6. The van der Waals surface area contributed by atoms with Crippen LogP contribution in [0.25, 0.3) is 0 Å². The molecular formula is C20H16F6N2OS. The maximum Gasteiger partial charge on any atom is 0.416 e. The van der Waals surface area contributed by atoms with Crippen LogP contribution >= 0.6 is 11.8 Å². The highest BCUT2D eigenvalue weighted by Gasteiger charge is 2.31. The van der Waals surface area contributed by atoms with Crippen molar-refractivity contribution in [2.75, 3.05) is 0 Å². The summed E-state index contributed by atoms with van der Waals surface area (Å²) < 4.78 is 78.4. The van der Waals surface area contributed by atoms with E-state index in [4.69, 9.17) is 0 Å². The fourth-order valence-corrected chi connectivity index (χ4v) is 3.72. The van der Waals surface area contributed by atoms with Gasteiger partial charge in [-0.2, -0.15) is 26.3 Å². The lowest BCUT2D eigenvalue weighted by atomic mass is 10.1. The van der Waals surface area contributed by atoms with E-state index in [9.17, 15) is 31.4 Å². The molecule has 0 aliphatic heterocycles. The molecular weight excluding hydrogens is 430 g/mol. The fourth-order valence-electron chi connectivity index (χ4n) is 2.77. The molecule has 2 aromatic carbocycles. The Kier molecular flexibility index (Phi) is 6.47. The average molecular weight is 446 g/mol. The van der Waals surface area contributed by atoms with Gasteiger partial charge in [0.25, 0.3) is 0 Å². The van der Waals surface area contributed by atoms with Crippen molar-refractivity contribution in [2.24, 2.45) is 0 Å². The zero-order chi connectivity index (χ0) is 21.9. The number of rotatable bonds is 6. The van der Waals surface area contributed by atoms with Gasteiger partial charge in [-0.15, -0.1) is 0 Å². The normalized spacial score (nSPS) is 12.4. The molecule has 0 amide bonds. The fraction of sp³-hybridized carbons (Fsp3) is 0.250. The highest BCUT2D eigenvalue weighted by atomic mass is 32.2. The predicted molar refractivity (Wildman–Crippen MR) is 99.7 cm³/mol. The molecule has 30 heavy (non-hydrogen) atoms. The van der Waals surface area contributed by atoms with Crippen molar-refractivity contribution >= 4 is 11.8 Å². The van der Waals surface area contributed by atoms with E-state index in [1.807, 2.05) is 0 Å². The average Bonchev–Trinajstić information content (AvgIpc) is 3.07. The highest BCUT2D eigenvalue weighted by molar-refractivity contribution is 7.98. The van der Waals surface area contributed by atoms with Gasteiger partial charge in [0.1, 0.15) is 0 Å². The monoisotopic (exact) mass is 446 g/mol. The Hall–Kier alpha value is -2.46. The standard InChI is InChI=1S/C20H16F6N2OS/c21-19(22,23)15-6-4-13(5-7-15)12-30-18-27-9-17(11-29)28(18)10-14-2-1-3-16(8-14)20(24,25)26/h1-9,29H,10-12H2. The molecule has 3 aromatic rings. The quantitative estimate of drug-likeness (QED) is 0.387. The number of aliphatic hydroxyl groups excluding tert-OH is 1. The van der Waals surface area contributed by atoms with Crippen LogP contribution < -0.4 is 0 Å². The van der Waals surface area contributed by atoms with Crippen LogP contribution in [0.5, 0.6) is 0 Å². The number of thioether (sulfide) groups is 1. The summed E-state index contributed by atoms with van der Waals surface area (Å²) in [6.07, 6.45) is -7.46. The van der Waals surface area contributed by atoms with Crippen LogP contribution in [0.3, 0.4) is 0 Å². The molecule has 10 heteroatoms. The summed E-state index contributed by atoms with van der Waals surface area (Å²) in [4.78, 5) is 4.19. The molecule has 0 radical (unpaired) electrons. The van der Waals surface area contributed by atoms with E-state index in [0.717, 1.165) is 24.3 Å². The third-order valence-electron chi connectivity index (χ3n) is 4.31. The summed E-state index contributed by atoms with van der Waals surface area (Å²) in [7, 11) is 0. The molecule has 3 nitrogen and oxygen atoms in total. The van der Waals surface area contributed by atoms with Crippen LogP contribution in [0, 0.1) is 0 Å². The summed E-state index contributed by atoms with van der Waals surface area (Å²) in [5, 5.41) is 9.97. The molecule has 0 aliphatic carbocycles. The molecule has 1 N–H and O–H groups in total. The summed E-state index contributed by atoms with van der Waals surface area (Å²) in [6.45, 7) is -0.290. The van der Waals surface area contributed by atoms with Gasteiger partial charge in [-0.1, -0.05) is 36.0 Å². The third-order valence-corrected chi connectivity index (χ3v) is 5.37. The molecule has 0 spiro atoms. The maximum atomic E-state index is 12.9. The minimum Gasteiger partial charge on any atom is -0.390 e. The van der Waals surface area contributed by atoms with E-state index >= 15 is 0 Å². The highest BCUT2D eigenvalue weighted by Crippen LogP contribution is 2.32. The Labute approximate surface area is 172 Å². The first-order chi connectivity index (χ1) is 14.1. The van der Waals surface area contributed by atoms with Gasteiger partial charge >= 0.3 is 12.4 Å². The Morgan fingerprint density at radius 1 is 0.867 bits per heavy atom. The van der Waals surface area contributed by atoms with Gasteiger partial charge in [0.2, 0.25) is 0 Å².